The third-order valence-corrected chi connectivity index (χ3v) is 5.03. The van der Waals surface area contributed by atoms with E-state index in [1.165, 1.54) is 0 Å². The van der Waals surface area contributed by atoms with Crippen LogP contribution in [0.3, 0.4) is 0 Å². The molecule has 1 fully saturated rings. The second kappa shape index (κ2) is 8.61. The van der Waals surface area contributed by atoms with E-state index in [1.54, 1.807) is 0 Å². The number of aromatic hydroxyl groups is 1. The lowest BCUT2D eigenvalue weighted by Crippen LogP contribution is -2.38. The number of carbonyl (C=O) groups excluding carboxylic acids is 1. The number of benzene rings is 1. The molecule has 1 saturated heterocycles. The Kier molecular flexibility index (Phi) is 6.92. The molecule has 0 unspecified atom stereocenters. The van der Waals surface area contributed by atoms with Gasteiger partial charge < -0.3 is 15.2 Å². The van der Waals surface area contributed by atoms with Gasteiger partial charge in [-0.3, -0.25) is 9.69 Å². The normalized spacial score (nSPS) is 16.4. The molecule has 152 valence electrons. The number of hydrogen-bond donors (Lipinski definition) is 2. The van der Waals surface area contributed by atoms with Crippen LogP contribution in [-0.4, -0.2) is 55.3 Å². The van der Waals surface area contributed by atoms with Gasteiger partial charge in [0.1, 0.15) is 5.75 Å². The highest BCUT2D eigenvalue weighted by Gasteiger charge is 2.27. The molecule has 1 aliphatic rings. The van der Waals surface area contributed by atoms with Crippen molar-refractivity contribution in [2.24, 2.45) is 0 Å². The summed E-state index contributed by atoms with van der Waals surface area (Å²) in [7, 11) is 0. The molecule has 1 aromatic carbocycles. The first-order chi connectivity index (χ1) is 12.5. The Morgan fingerprint density at radius 1 is 1.07 bits per heavy atom. The Morgan fingerprint density at radius 3 is 2.07 bits per heavy atom. The molecule has 2 rings (SSSR count). The number of nitrogens with zero attached hydrogens (tertiary/aromatic N) is 1. The van der Waals surface area contributed by atoms with Crippen molar-refractivity contribution in [3.63, 3.8) is 0 Å². The van der Waals surface area contributed by atoms with Gasteiger partial charge in [0.2, 0.25) is 0 Å². The van der Waals surface area contributed by atoms with Crippen molar-refractivity contribution in [3.05, 3.63) is 28.8 Å². The number of phenols is 1. The van der Waals surface area contributed by atoms with Crippen molar-refractivity contribution in [3.8, 4) is 5.75 Å². The van der Waals surface area contributed by atoms with Gasteiger partial charge in [-0.15, -0.1) is 0 Å². The number of carbonyl (C=O) groups is 1. The molecule has 5 nitrogen and oxygen atoms in total. The summed E-state index contributed by atoms with van der Waals surface area (Å²) < 4.78 is 5.36. The van der Waals surface area contributed by atoms with Crippen LogP contribution >= 0.6 is 0 Å². The number of hydrogen-bond acceptors (Lipinski definition) is 4. The third-order valence-electron chi connectivity index (χ3n) is 5.03. The molecule has 1 aliphatic heterocycles. The van der Waals surface area contributed by atoms with Gasteiger partial charge in [0, 0.05) is 36.3 Å². The number of morpholine rings is 1. The lowest BCUT2D eigenvalue weighted by molar-refractivity contribution is 0.0374. The van der Waals surface area contributed by atoms with Crippen LogP contribution in [-0.2, 0) is 15.6 Å². The Hall–Kier alpha value is -1.59. The first-order valence-corrected chi connectivity index (χ1v) is 9.96. The Morgan fingerprint density at radius 2 is 1.59 bits per heavy atom. The smallest absolute Gasteiger partial charge is 0.251 e. The Balaban J connectivity index is 2.08. The van der Waals surface area contributed by atoms with Crippen molar-refractivity contribution < 1.29 is 14.6 Å². The summed E-state index contributed by atoms with van der Waals surface area (Å²) >= 11 is 0. The van der Waals surface area contributed by atoms with Crippen molar-refractivity contribution in [2.45, 2.75) is 58.8 Å². The second-order valence-corrected chi connectivity index (χ2v) is 9.48. The number of amides is 1. The topological polar surface area (TPSA) is 61.8 Å². The molecule has 5 heteroatoms. The van der Waals surface area contributed by atoms with Crippen LogP contribution in [0.1, 0.15) is 69.4 Å². The van der Waals surface area contributed by atoms with Crippen LogP contribution in [0.4, 0.5) is 0 Å². The van der Waals surface area contributed by atoms with Gasteiger partial charge in [0.25, 0.3) is 5.91 Å². The third kappa shape index (κ3) is 5.94. The molecule has 0 saturated carbocycles. The minimum atomic E-state index is -0.239. The van der Waals surface area contributed by atoms with Crippen molar-refractivity contribution in [1.82, 2.24) is 10.2 Å². The van der Waals surface area contributed by atoms with Crippen LogP contribution in [0.25, 0.3) is 0 Å². The van der Waals surface area contributed by atoms with Crippen molar-refractivity contribution in [2.75, 3.05) is 39.4 Å². The largest absolute Gasteiger partial charge is 0.507 e. The average molecular weight is 377 g/mol. The van der Waals surface area contributed by atoms with Gasteiger partial charge in [-0.2, -0.15) is 0 Å². The van der Waals surface area contributed by atoms with Gasteiger partial charge in [-0.05, 0) is 35.9 Å². The second-order valence-electron chi connectivity index (χ2n) is 9.48. The molecule has 0 atom stereocenters. The summed E-state index contributed by atoms with van der Waals surface area (Å²) in [6.07, 6.45) is 0.919. The summed E-state index contributed by atoms with van der Waals surface area (Å²) in [6.45, 7) is 17.5. The van der Waals surface area contributed by atoms with Crippen LogP contribution in [0, 0.1) is 0 Å². The molecule has 2 N–H and O–H groups in total. The minimum Gasteiger partial charge on any atom is -0.507 e. The first-order valence-electron chi connectivity index (χ1n) is 9.96. The van der Waals surface area contributed by atoms with E-state index in [0.717, 1.165) is 50.4 Å². The molecule has 0 aliphatic carbocycles. The summed E-state index contributed by atoms with van der Waals surface area (Å²) in [5, 5.41) is 13.8. The summed E-state index contributed by atoms with van der Waals surface area (Å²) in [6, 6.07) is 3.67. The number of rotatable bonds is 5. The van der Waals surface area contributed by atoms with E-state index in [-0.39, 0.29) is 16.7 Å². The predicted octanol–water partition coefficient (Wildman–Crippen LogP) is 3.44. The molecule has 1 heterocycles. The highest BCUT2D eigenvalue weighted by molar-refractivity contribution is 5.95. The van der Waals surface area contributed by atoms with E-state index >= 15 is 0 Å². The van der Waals surface area contributed by atoms with Gasteiger partial charge in [-0.25, -0.2) is 0 Å². The van der Waals surface area contributed by atoms with Crippen LogP contribution in [0.5, 0.6) is 5.75 Å². The lowest BCUT2D eigenvalue weighted by atomic mass is 9.78. The van der Waals surface area contributed by atoms with Gasteiger partial charge >= 0.3 is 0 Å². The number of nitrogens with one attached hydrogen (secondary N) is 1. The molecule has 0 spiro atoms. The first kappa shape index (κ1) is 21.7. The lowest BCUT2D eigenvalue weighted by Gasteiger charge is -2.28. The summed E-state index contributed by atoms with van der Waals surface area (Å²) in [5.74, 6) is 0.229. The molecular formula is C22H36N2O3. The van der Waals surface area contributed by atoms with Gasteiger partial charge in [0.15, 0.2) is 0 Å². The molecule has 1 aromatic rings. The maximum atomic E-state index is 12.7. The van der Waals surface area contributed by atoms with Crippen LogP contribution in [0.2, 0.25) is 0 Å². The molecule has 27 heavy (non-hydrogen) atoms. The molecular weight excluding hydrogens is 340 g/mol. The number of ether oxygens (including phenoxy) is 1. The summed E-state index contributed by atoms with van der Waals surface area (Å²) in [5.41, 5.74) is 1.77. The zero-order valence-electron chi connectivity index (χ0n) is 17.8. The summed E-state index contributed by atoms with van der Waals surface area (Å²) in [4.78, 5) is 15.1. The van der Waals surface area contributed by atoms with Crippen molar-refractivity contribution in [1.29, 1.82) is 0 Å². The number of phenolic OH excluding ortho intramolecular Hbond substituents is 1. The highest BCUT2D eigenvalue weighted by atomic mass is 16.5. The van der Waals surface area contributed by atoms with Gasteiger partial charge in [-0.1, -0.05) is 41.5 Å². The zero-order chi connectivity index (χ0) is 20.2. The molecule has 0 radical (unpaired) electrons. The SMILES string of the molecule is CC(C)(C)c1cc(C(=O)NCCCN2CCOCC2)cc(C(C)(C)C)c1O. The standard InChI is InChI=1S/C22H36N2O3/c1-21(2,3)17-14-16(15-18(19(17)25)22(4,5)6)20(26)23-8-7-9-24-10-12-27-13-11-24/h14-15,25H,7-13H2,1-6H3,(H,23,26). The minimum absolute atomic E-state index is 0.0759. The maximum Gasteiger partial charge on any atom is 0.251 e. The molecule has 0 aromatic heterocycles. The maximum absolute atomic E-state index is 12.7. The zero-order valence-corrected chi connectivity index (χ0v) is 17.8. The van der Waals surface area contributed by atoms with Crippen molar-refractivity contribution >= 4 is 5.91 Å². The van der Waals surface area contributed by atoms with Crippen LogP contribution < -0.4 is 5.32 Å². The van der Waals surface area contributed by atoms with E-state index in [0.29, 0.717) is 17.9 Å². The van der Waals surface area contributed by atoms with E-state index < -0.39 is 0 Å². The Bertz CT molecular complexity index is 615. The van der Waals surface area contributed by atoms with Gasteiger partial charge in [0.05, 0.1) is 13.2 Å². The fourth-order valence-electron chi connectivity index (χ4n) is 3.34. The predicted molar refractivity (Wildman–Crippen MR) is 110 cm³/mol. The van der Waals surface area contributed by atoms with E-state index in [1.807, 2.05) is 12.1 Å². The fraction of sp³-hybridized carbons (Fsp3) is 0.682. The van der Waals surface area contributed by atoms with E-state index in [2.05, 4.69) is 51.8 Å². The van der Waals surface area contributed by atoms with E-state index in [9.17, 15) is 9.90 Å². The quantitative estimate of drug-likeness (QED) is 0.773. The van der Waals surface area contributed by atoms with Crippen LogP contribution in [0.15, 0.2) is 12.1 Å². The monoisotopic (exact) mass is 376 g/mol. The van der Waals surface area contributed by atoms with E-state index in [4.69, 9.17) is 4.74 Å². The average Bonchev–Trinajstić information content (AvgIpc) is 2.57. The molecule has 0 bridgehead atoms. The Labute approximate surface area is 164 Å². The highest BCUT2D eigenvalue weighted by Crippen LogP contribution is 2.39. The fourth-order valence-corrected chi connectivity index (χ4v) is 3.34. The molecule has 1 amide bonds.